The van der Waals surface area contributed by atoms with E-state index in [0.29, 0.717) is 63.9 Å². The van der Waals surface area contributed by atoms with E-state index in [9.17, 15) is 39.5 Å². The third-order valence-corrected chi connectivity index (χ3v) is 17.1. The van der Waals surface area contributed by atoms with E-state index < -0.39 is 35.6 Å². The van der Waals surface area contributed by atoms with Crippen molar-refractivity contribution < 1.29 is 103 Å². The van der Waals surface area contributed by atoms with Crippen LogP contribution in [0, 0.1) is 20.8 Å². The van der Waals surface area contributed by atoms with Crippen LogP contribution in [0.1, 0.15) is 133 Å². The Balaban J connectivity index is 0.000000174. The quantitative estimate of drug-likeness (QED) is 0.128. The van der Waals surface area contributed by atoms with Gasteiger partial charge in [-0.2, -0.15) is 39.5 Å². The van der Waals surface area contributed by atoms with E-state index in [2.05, 4.69) is 182 Å². The van der Waals surface area contributed by atoms with Crippen molar-refractivity contribution in [3.05, 3.63) is 228 Å². The Labute approximate surface area is 697 Å². The van der Waals surface area contributed by atoms with Crippen LogP contribution in [0.2, 0.25) is 0 Å². The molecule has 0 unspecified atom stereocenters. The molecule has 0 saturated heterocycles. The van der Waals surface area contributed by atoms with Gasteiger partial charge in [0.1, 0.15) is 34.6 Å². The van der Waals surface area contributed by atoms with Crippen LogP contribution in [0.3, 0.4) is 0 Å². The monoisotopic (exact) mass is 2120 g/mol. The average Bonchev–Trinajstić information content (AvgIpc) is 1.77. The minimum absolute atomic E-state index is 0. The molecule has 16 rings (SSSR count). The van der Waals surface area contributed by atoms with E-state index in [1.807, 2.05) is 156 Å². The fourth-order valence-electron chi connectivity index (χ4n) is 11.2. The van der Waals surface area contributed by atoms with Crippen molar-refractivity contribution >= 4 is 32.3 Å². The van der Waals surface area contributed by atoms with E-state index in [-0.39, 0.29) is 96.5 Å². The van der Waals surface area contributed by atoms with Crippen LogP contribution in [0.15, 0.2) is 177 Å². The number of pyridine rings is 3. The summed E-state index contributed by atoms with van der Waals surface area (Å²) in [5.74, 6) is 5.97. The molecule has 115 heavy (non-hydrogen) atoms. The Morgan fingerprint density at radius 1 is 0.348 bits per heavy atom. The van der Waals surface area contributed by atoms with E-state index in [4.69, 9.17) is 0 Å². The first-order valence-electron chi connectivity index (χ1n) is 34.8. The predicted molar refractivity (Wildman–Crippen MR) is 403 cm³/mol. The third-order valence-electron chi connectivity index (χ3n) is 17.1. The molecule has 16 aromatic rings. The molecule has 0 atom stereocenters. The molecule has 0 spiro atoms. The van der Waals surface area contributed by atoms with E-state index >= 15 is 0 Å². The number of aryl methyl sites for hydroxylation is 4. The van der Waals surface area contributed by atoms with Gasteiger partial charge in [0.15, 0.2) is 0 Å². The molecule has 0 saturated carbocycles. The summed E-state index contributed by atoms with van der Waals surface area (Å²) in [6, 6.07) is 36.2. The third kappa shape index (κ3) is 22.2. The van der Waals surface area contributed by atoms with E-state index in [1.165, 1.54) is 0 Å². The molecule has 0 aliphatic carbocycles. The van der Waals surface area contributed by atoms with Crippen LogP contribution in [-0.2, 0) is 105 Å². The molecule has 604 valence electrons. The maximum Gasteiger partial charge on any atom is 2.00 e. The van der Waals surface area contributed by atoms with Crippen LogP contribution in [0.4, 0.5) is 39.5 Å². The largest absolute Gasteiger partial charge is 2.00 e. The summed E-state index contributed by atoms with van der Waals surface area (Å²) in [6.07, 6.45) is 2.06. The zero-order chi connectivity index (χ0) is 80.8. The Hall–Kier alpha value is -10.8. The Bertz CT molecular complexity index is 5490. The van der Waals surface area contributed by atoms with Gasteiger partial charge in [-0.05, 0) is 132 Å². The van der Waals surface area contributed by atoms with Crippen molar-refractivity contribution in [3.63, 3.8) is 0 Å². The fourth-order valence-corrected chi connectivity index (χ4v) is 11.2. The minimum atomic E-state index is -4.50. The molecule has 4 aromatic carbocycles. The van der Waals surface area contributed by atoms with E-state index in [0.717, 1.165) is 84.5 Å². The standard InChI is InChI=1S/3C17H15F3N3.C12H10N5.C9H12N5.C7H8N5.3Pt/c3*1-16(2,3)11-4-5-12-10(8-11)6-7-21-15(12)13-9-14(23-22-13)17(18,19)20;1-9-14-11(16-15-9)12-13-7-8-17(12)10-5-3-2-4-6-10;1-6(2)14-5-4-10-9(14)8-11-7(3)12-13-8;1-5-9-6(11-10-5)7-8-3-4-12(7)2;;;/h3*4-9H,1-3H3;2-8H,1H3;4-6H,1-3H3;3-4H,1-2H3;;;/q6*-1;3*+2. The van der Waals surface area contributed by atoms with Crippen LogP contribution in [0.25, 0.3) is 107 Å². The summed E-state index contributed by atoms with van der Waals surface area (Å²) in [5.41, 5.74) is 3.04. The van der Waals surface area contributed by atoms with Gasteiger partial charge in [0, 0.05) is 126 Å². The van der Waals surface area contributed by atoms with Gasteiger partial charge in [0.25, 0.3) is 0 Å². The molecule has 0 radical (unpaired) electrons. The minimum Gasteiger partial charge on any atom is -0.573 e. The number of hydrogen-bond donors (Lipinski definition) is 0. The van der Waals surface area contributed by atoms with Gasteiger partial charge in [-0.1, -0.05) is 152 Å². The fraction of sp³-hybridized carbons (Fsp3) is 0.278. The number of aromatic nitrogens is 24. The van der Waals surface area contributed by atoms with Gasteiger partial charge in [0.2, 0.25) is 0 Å². The first-order chi connectivity index (χ1) is 52.8. The van der Waals surface area contributed by atoms with Crippen LogP contribution < -0.4 is 30.6 Å². The molecular weight excluding hydrogens is 2040 g/mol. The van der Waals surface area contributed by atoms with Gasteiger partial charge >= 0.3 is 81.7 Å². The maximum atomic E-state index is 12.7. The Kier molecular flexibility index (Phi) is 28.7. The first-order valence-corrected chi connectivity index (χ1v) is 34.8. The van der Waals surface area contributed by atoms with Crippen molar-refractivity contribution in [1.29, 1.82) is 0 Å². The molecule has 0 bridgehead atoms. The Morgan fingerprint density at radius 2 is 0.678 bits per heavy atom. The zero-order valence-electron chi connectivity index (χ0n) is 64.4. The van der Waals surface area contributed by atoms with E-state index in [1.54, 1.807) is 44.1 Å². The number of halogens is 9. The number of para-hydroxylation sites is 1. The van der Waals surface area contributed by atoms with Crippen molar-refractivity contribution in [2.45, 2.75) is 138 Å². The average molecular weight is 2120 g/mol. The van der Waals surface area contributed by atoms with Gasteiger partial charge in [-0.3, -0.25) is 30.2 Å². The van der Waals surface area contributed by atoms with Crippen LogP contribution in [0.5, 0.6) is 0 Å². The summed E-state index contributed by atoms with van der Waals surface area (Å²) in [6.45, 7) is 28.6. The second kappa shape index (κ2) is 36.8. The molecule has 0 aliphatic rings. The number of alkyl halides is 9. The SMILES string of the molecule is CC(C)(C)c1ccc2c(-c3cc(C(F)(F)F)n[n-]3)nccc2c1.CC(C)(C)c1ccc2c(-c3cc(C(F)(F)F)n[n-]3)nccc2c1.CC(C)(C)c1ccc2c(-c3cc(C(F)(F)F)n[n-]3)nccc2c1.Cc1n[n-]c(-c2nccn2-c2ccccc2)n1.Cc1n[n-]c(-c2nccn2C(C)C)n1.Cc1n[n-]c(-c2nccn2C)n1.[Pt+2].[Pt+2].[Pt+2]. The summed E-state index contributed by atoms with van der Waals surface area (Å²) in [7, 11) is 1.90. The summed E-state index contributed by atoms with van der Waals surface area (Å²) in [5, 5.41) is 49.0. The first kappa shape index (κ1) is 89.8. The summed E-state index contributed by atoms with van der Waals surface area (Å²) >= 11 is 0. The molecule has 0 amide bonds. The number of rotatable bonds is 8. The molecule has 12 aromatic heterocycles. The van der Waals surface area contributed by atoms with Crippen molar-refractivity contribution in [1.82, 2.24) is 120 Å². The van der Waals surface area contributed by atoms with Crippen molar-refractivity contribution in [2.24, 2.45) is 7.05 Å². The summed E-state index contributed by atoms with van der Waals surface area (Å²) in [4.78, 5) is 37.7. The number of hydrogen-bond acceptors (Lipinski definition) is 15. The molecule has 12 heterocycles. The second-order valence-corrected chi connectivity index (χ2v) is 29.0. The molecule has 0 fully saturated rings. The maximum absolute atomic E-state index is 12.7. The number of benzene rings is 4. The zero-order valence-corrected chi connectivity index (χ0v) is 71.2. The normalized spacial score (nSPS) is 11.7. The molecule has 0 N–H and O–H groups in total. The number of fused-ring (bicyclic) bond motifs is 3. The number of nitrogens with zero attached hydrogens (tertiary/aromatic N) is 24. The smallest absolute Gasteiger partial charge is 0.573 e. The molecule has 24 nitrogen and oxygen atoms in total. The van der Waals surface area contributed by atoms with Crippen LogP contribution >= 0.6 is 0 Å². The summed E-state index contributed by atoms with van der Waals surface area (Å²) < 4.78 is 120. The van der Waals surface area contributed by atoms with Gasteiger partial charge < -0.3 is 74.5 Å². The van der Waals surface area contributed by atoms with Gasteiger partial charge in [0.05, 0.1) is 17.1 Å². The molecule has 0 aliphatic heterocycles. The topological polar surface area (TPSA) is 293 Å². The molecule has 36 heteroatoms. The molecular formula is C79H75F9N24Pt3. The number of imidazole rings is 3. The second-order valence-electron chi connectivity index (χ2n) is 29.0. The van der Waals surface area contributed by atoms with Crippen molar-refractivity contribution in [3.8, 4) is 74.8 Å². The van der Waals surface area contributed by atoms with Gasteiger partial charge in [-0.15, -0.1) is 0 Å². The Morgan fingerprint density at radius 3 is 0.991 bits per heavy atom. The predicted octanol–water partition coefficient (Wildman–Crippen LogP) is 16.6. The van der Waals surface area contributed by atoms with Crippen molar-refractivity contribution in [2.75, 3.05) is 0 Å². The van der Waals surface area contributed by atoms with Gasteiger partial charge in [-0.25, -0.2) is 15.0 Å². The van der Waals surface area contributed by atoms with Crippen LogP contribution in [-0.4, -0.2) is 89.1 Å².